The van der Waals surface area contributed by atoms with Crippen molar-refractivity contribution in [2.75, 3.05) is 6.54 Å². The summed E-state index contributed by atoms with van der Waals surface area (Å²) in [6.07, 6.45) is 7.03. The predicted molar refractivity (Wildman–Crippen MR) is 91.1 cm³/mol. The van der Waals surface area contributed by atoms with Gasteiger partial charge in [0.05, 0.1) is 5.56 Å². The number of hydrogen-bond acceptors (Lipinski definition) is 3. The lowest BCUT2D eigenvalue weighted by atomic mass is 9.88. The van der Waals surface area contributed by atoms with Crippen LogP contribution in [0, 0.1) is 5.92 Å². The number of rotatable bonds is 4. The summed E-state index contributed by atoms with van der Waals surface area (Å²) in [5, 5.41) is 11.0. The molecule has 1 saturated heterocycles. The number of piperidine rings is 1. The van der Waals surface area contributed by atoms with Crippen LogP contribution in [0.25, 0.3) is 0 Å². The molecule has 5 heteroatoms. The van der Waals surface area contributed by atoms with Gasteiger partial charge in [0.1, 0.15) is 0 Å². The third-order valence-electron chi connectivity index (χ3n) is 5.21. The molecule has 2 atom stereocenters. The second-order valence-corrected chi connectivity index (χ2v) is 7.94. The summed E-state index contributed by atoms with van der Waals surface area (Å²) in [4.78, 5) is 27.3. The van der Waals surface area contributed by atoms with Crippen molar-refractivity contribution in [2.45, 2.75) is 64.3 Å². The molecule has 0 aromatic carbocycles. The zero-order chi connectivity index (χ0) is 16.4. The van der Waals surface area contributed by atoms with Gasteiger partial charge >= 0.3 is 5.97 Å². The van der Waals surface area contributed by atoms with Crippen LogP contribution in [0.4, 0.5) is 0 Å². The number of carbonyl (C=O) groups is 2. The first-order chi connectivity index (χ1) is 11.1. The lowest BCUT2D eigenvalue weighted by molar-refractivity contribution is -0.137. The van der Waals surface area contributed by atoms with E-state index in [-0.39, 0.29) is 18.4 Å². The molecule has 1 aliphatic carbocycles. The van der Waals surface area contributed by atoms with Crippen molar-refractivity contribution in [3.05, 3.63) is 21.4 Å². The quantitative estimate of drug-likeness (QED) is 0.912. The first-order valence-electron chi connectivity index (χ1n) is 8.68. The van der Waals surface area contributed by atoms with Crippen LogP contribution in [0.2, 0.25) is 0 Å². The summed E-state index contributed by atoms with van der Waals surface area (Å²) in [5.41, 5.74) is 2.15. The summed E-state index contributed by atoms with van der Waals surface area (Å²) in [7, 11) is 0. The monoisotopic (exact) mass is 335 g/mol. The lowest BCUT2D eigenvalue weighted by Crippen LogP contribution is -2.44. The Morgan fingerprint density at radius 1 is 1.35 bits per heavy atom. The number of likely N-dealkylation sites (tertiary alicyclic amines) is 1. The number of nitrogens with zero attached hydrogens (tertiary/aromatic N) is 1. The molecule has 2 unspecified atom stereocenters. The zero-order valence-corrected chi connectivity index (χ0v) is 14.5. The van der Waals surface area contributed by atoms with Crippen LogP contribution in [0.1, 0.15) is 66.2 Å². The van der Waals surface area contributed by atoms with Crippen molar-refractivity contribution in [3.63, 3.8) is 0 Å². The Bertz CT molecular complexity index is 595. The Morgan fingerprint density at radius 2 is 2.17 bits per heavy atom. The molecule has 1 amide bonds. The van der Waals surface area contributed by atoms with Gasteiger partial charge in [-0.05, 0) is 56.4 Å². The summed E-state index contributed by atoms with van der Waals surface area (Å²) >= 11 is 1.73. The molecule has 0 bridgehead atoms. The van der Waals surface area contributed by atoms with E-state index in [2.05, 4.69) is 6.92 Å². The fourth-order valence-electron chi connectivity index (χ4n) is 3.87. The van der Waals surface area contributed by atoms with Crippen LogP contribution in [0.15, 0.2) is 5.38 Å². The second kappa shape index (κ2) is 7.04. The van der Waals surface area contributed by atoms with Gasteiger partial charge in [-0.2, -0.15) is 0 Å². The van der Waals surface area contributed by atoms with Gasteiger partial charge < -0.3 is 10.0 Å². The molecule has 1 aliphatic heterocycles. The zero-order valence-electron chi connectivity index (χ0n) is 13.7. The summed E-state index contributed by atoms with van der Waals surface area (Å²) in [6, 6.07) is 0.0883. The first kappa shape index (κ1) is 16.5. The molecule has 0 spiro atoms. The largest absolute Gasteiger partial charge is 0.481 e. The molecule has 3 rings (SSSR count). The van der Waals surface area contributed by atoms with Crippen molar-refractivity contribution >= 4 is 23.2 Å². The highest BCUT2D eigenvalue weighted by Crippen LogP contribution is 2.34. The minimum absolute atomic E-state index is 0.0883. The Balaban J connectivity index is 1.77. The molecule has 2 heterocycles. The lowest BCUT2D eigenvalue weighted by Gasteiger charge is -2.36. The molecule has 1 N–H and O–H groups in total. The summed E-state index contributed by atoms with van der Waals surface area (Å²) in [5.74, 6) is 0.0689. The van der Waals surface area contributed by atoms with Crippen LogP contribution in [-0.2, 0) is 17.6 Å². The van der Waals surface area contributed by atoms with E-state index in [1.54, 1.807) is 11.3 Å². The van der Waals surface area contributed by atoms with Gasteiger partial charge in [-0.3, -0.25) is 9.59 Å². The second-order valence-electron chi connectivity index (χ2n) is 6.98. The van der Waals surface area contributed by atoms with E-state index in [0.29, 0.717) is 12.3 Å². The van der Waals surface area contributed by atoms with Crippen LogP contribution in [-0.4, -0.2) is 34.5 Å². The van der Waals surface area contributed by atoms with E-state index in [9.17, 15) is 9.59 Å². The van der Waals surface area contributed by atoms with E-state index in [0.717, 1.165) is 50.6 Å². The van der Waals surface area contributed by atoms with E-state index >= 15 is 0 Å². The van der Waals surface area contributed by atoms with Crippen molar-refractivity contribution in [1.29, 1.82) is 0 Å². The maximum atomic E-state index is 13.1. The highest BCUT2D eigenvalue weighted by atomic mass is 32.1. The Labute approximate surface area is 141 Å². The van der Waals surface area contributed by atoms with E-state index in [4.69, 9.17) is 5.11 Å². The SMILES string of the molecule is CC1CCc2c(C(=O)N3CCCCC3CCC(=O)O)csc2C1. The van der Waals surface area contributed by atoms with Gasteiger partial charge in [0, 0.05) is 29.3 Å². The molecule has 4 nitrogen and oxygen atoms in total. The number of aliphatic carboxylic acids is 1. The van der Waals surface area contributed by atoms with Gasteiger partial charge in [0.25, 0.3) is 5.91 Å². The summed E-state index contributed by atoms with van der Waals surface area (Å²) in [6.45, 7) is 3.04. The topological polar surface area (TPSA) is 57.6 Å². The molecular formula is C18H25NO3S. The summed E-state index contributed by atoms with van der Waals surface area (Å²) < 4.78 is 0. The maximum absolute atomic E-state index is 13.1. The Morgan fingerprint density at radius 3 is 2.96 bits per heavy atom. The average molecular weight is 335 g/mol. The number of carbonyl (C=O) groups excluding carboxylic acids is 1. The fourth-order valence-corrected chi connectivity index (χ4v) is 5.11. The van der Waals surface area contributed by atoms with Crippen LogP contribution < -0.4 is 0 Å². The smallest absolute Gasteiger partial charge is 0.303 e. The van der Waals surface area contributed by atoms with Gasteiger partial charge in [-0.25, -0.2) is 0 Å². The third-order valence-corrected chi connectivity index (χ3v) is 6.26. The number of thiophene rings is 1. The number of carboxylic acid groups (broad SMARTS) is 1. The molecule has 2 aliphatic rings. The van der Waals surface area contributed by atoms with Gasteiger partial charge in [0.15, 0.2) is 0 Å². The number of fused-ring (bicyclic) bond motifs is 1. The molecule has 1 aromatic rings. The van der Waals surface area contributed by atoms with Gasteiger partial charge in [-0.15, -0.1) is 11.3 Å². The van der Waals surface area contributed by atoms with Gasteiger partial charge in [-0.1, -0.05) is 6.92 Å². The molecule has 23 heavy (non-hydrogen) atoms. The van der Waals surface area contributed by atoms with E-state index < -0.39 is 5.97 Å². The Kier molecular flexibility index (Phi) is 5.05. The van der Waals surface area contributed by atoms with Crippen LogP contribution >= 0.6 is 11.3 Å². The molecule has 0 saturated carbocycles. The normalized spacial score (nSPS) is 24.3. The minimum atomic E-state index is -0.773. The predicted octanol–water partition coefficient (Wildman–Crippen LogP) is 3.73. The maximum Gasteiger partial charge on any atom is 0.303 e. The van der Waals surface area contributed by atoms with Crippen molar-refractivity contribution < 1.29 is 14.7 Å². The molecule has 1 fully saturated rings. The average Bonchev–Trinajstić information content (AvgIpc) is 2.95. The van der Waals surface area contributed by atoms with Crippen LogP contribution in [0.5, 0.6) is 0 Å². The number of hydrogen-bond donors (Lipinski definition) is 1. The number of amides is 1. The highest BCUT2D eigenvalue weighted by molar-refractivity contribution is 7.10. The molecular weight excluding hydrogens is 310 g/mol. The molecule has 126 valence electrons. The van der Waals surface area contributed by atoms with Gasteiger partial charge in [0.2, 0.25) is 0 Å². The minimum Gasteiger partial charge on any atom is -0.481 e. The highest BCUT2D eigenvalue weighted by Gasteiger charge is 2.31. The van der Waals surface area contributed by atoms with Crippen molar-refractivity contribution in [3.8, 4) is 0 Å². The van der Waals surface area contributed by atoms with E-state index in [1.807, 2.05) is 10.3 Å². The van der Waals surface area contributed by atoms with Crippen LogP contribution in [0.3, 0.4) is 0 Å². The van der Waals surface area contributed by atoms with Crippen molar-refractivity contribution in [1.82, 2.24) is 4.90 Å². The number of carboxylic acids is 1. The standard InChI is InChI=1S/C18H25NO3S/c1-12-5-7-14-15(11-23-16(14)10-12)18(22)19-9-3-2-4-13(19)6-8-17(20)21/h11-13H,2-10H2,1H3,(H,20,21). The molecule has 0 radical (unpaired) electrons. The fraction of sp³-hybridized carbons (Fsp3) is 0.667. The third kappa shape index (κ3) is 3.60. The van der Waals surface area contributed by atoms with Crippen molar-refractivity contribution in [2.24, 2.45) is 5.92 Å². The Hall–Kier alpha value is -1.36. The first-order valence-corrected chi connectivity index (χ1v) is 9.56. The van der Waals surface area contributed by atoms with E-state index in [1.165, 1.54) is 10.4 Å². The molecule has 1 aromatic heterocycles.